The van der Waals surface area contributed by atoms with Crippen molar-refractivity contribution in [1.29, 1.82) is 0 Å². The van der Waals surface area contributed by atoms with Gasteiger partial charge in [-0.15, -0.1) is 0 Å². The maximum absolute atomic E-state index is 12.4. The van der Waals surface area contributed by atoms with Crippen LogP contribution in [0.3, 0.4) is 0 Å². The quantitative estimate of drug-likeness (QED) is 0.741. The normalized spacial score (nSPS) is 16.4. The predicted molar refractivity (Wildman–Crippen MR) is 68.5 cm³/mol. The van der Waals surface area contributed by atoms with Crippen molar-refractivity contribution >= 4 is 11.0 Å². The van der Waals surface area contributed by atoms with Gasteiger partial charge in [0.05, 0.1) is 12.7 Å². The first-order valence-electron chi connectivity index (χ1n) is 6.23. The van der Waals surface area contributed by atoms with E-state index in [-0.39, 0.29) is 11.6 Å². The Labute approximate surface area is 105 Å². The van der Waals surface area contributed by atoms with Crippen LogP contribution in [0, 0.1) is 0 Å². The van der Waals surface area contributed by atoms with Crippen LogP contribution in [0.15, 0.2) is 11.0 Å². The molecule has 0 amide bonds. The van der Waals surface area contributed by atoms with E-state index in [1.54, 1.807) is 10.8 Å². The van der Waals surface area contributed by atoms with E-state index in [1.165, 1.54) is 0 Å². The van der Waals surface area contributed by atoms with E-state index in [1.807, 2.05) is 25.6 Å². The highest BCUT2D eigenvalue weighted by atomic mass is 16.1. The molecule has 0 fully saturated rings. The summed E-state index contributed by atoms with van der Waals surface area (Å²) >= 11 is 0. The molecule has 1 aliphatic heterocycles. The van der Waals surface area contributed by atoms with Crippen LogP contribution in [0.25, 0.3) is 11.0 Å². The maximum atomic E-state index is 12.4. The standard InChI is InChI=1S/C12H17N5O/c1-8(2)17-11-9(6-13-17)12(18)16-5-4-15(3)7-10(16)14-11/h6,8H,4-5,7H2,1-3H3. The van der Waals surface area contributed by atoms with Crippen molar-refractivity contribution in [1.82, 2.24) is 24.2 Å². The Balaban J connectivity index is 2.29. The minimum atomic E-state index is 0.0370. The molecule has 0 bridgehead atoms. The van der Waals surface area contributed by atoms with Gasteiger partial charge in [-0.25, -0.2) is 9.67 Å². The first-order valence-corrected chi connectivity index (χ1v) is 6.23. The second-order valence-electron chi connectivity index (χ2n) is 5.14. The van der Waals surface area contributed by atoms with Crippen molar-refractivity contribution in [2.24, 2.45) is 0 Å². The van der Waals surface area contributed by atoms with Gasteiger partial charge in [0.2, 0.25) is 0 Å². The summed E-state index contributed by atoms with van der Waals surface area (Å²) in [4.78, 5) is 19.2. The SMILES string of the molecule is CC(C)n1ncc2c(=O)n3c(nc21)CN(C)CC3. The van der Waals surface area contributed by atoms with Gasteiger partial charge in [0.25, 0.3) is 5.56 Å². The van der Waals surface area contributed by atoms with Crippen molar-refractivity contribution in [3.05, 3.63) is 22.4 Å². The average Bonchev–Trinajstić information content (AvgIpc) is 2.72. The largest absolute Gasteiger partial charge is 0.297 e. The van der Waals surface area contributed by atoms with Crippen molar-refractivity contribution in [3.8, 4) is 0 Å². The molecule has 0 atom stereocenters. The lowest BCUT2D eigenvalue weighted by atomic mass is 10.3. The lowest BCUT2D eigenvalue weighted by Crippen LogP contribution is -2.38. The molecule has 0 radical (unpaired) electrons. The van der Waals surface area contributed by atoms with Gasteiger partial charge >= 0.3 is 0 Å². The number of hydrogen-bond acceptors (Lipinski definition) is 4. The second kappa shape index (κ2) is 3.91. The van der Waals surface area contributed by atoms with E-state index in [4.69, 9.17) is 0 Å². The minimum absolute atomic E-state index is 0.0370. The molecular formula is C12H17N5O. The van der Waals surface area contributed by atoms with Gasteiger partial charge in [-0.3, -0.25) is 14.3 Å². The Bertz CT molecular complexity index is 654. The van der Waals surface area contributed by atoms with Crippen LogP contribution in [0.5, 0.6) is 0 Å². The molecule has 0 unspecified atom stereocenters. The molecule has 18 heavy (non-hydrogen) atoms. The van der Waals surface area contributed by atoms with Crippen LogP contribution in [0.4, 0.5) is 0 Å². The van der Waals surface area contributed by atoms with E-state index < -0.39 is 0 Å². The van der Waals surface area contributed by atoms with E-state index >= 15 is 0 Å². The molecule has 0 aliphatic carbocycles. The van der Waals surface area contributed by atoms with Gasteiger partial charge < -0.3 is 0 Å². The summed E-state index contributed by atoms with van der Waals surface area (Å²) in [5.41, 5.74) is 0.742. The number of rotatable bonds is 1. The fourth-order valence-electron chi connectivity index (χ4n) is 2.38. The van der Waals surface area contributed by atoms with E-state index in [2.05, 4.69) is 15.0 Å². The van der Waals surface area contributed by atoms with Gasteiger partial charge in [-0.05, 0) is 20.9 Å². The zero-order valence-corrected chi connectivity index (χ0v) is 10.9. The highest BCUT2D eigenvalue weighted by Crippen LogP contribution is 2.15. The first kappa shape index (κ1) is 11.4. The Kier molecular flexibility index (Phi) is 2.48. The van der Waals surface area contributed by atoms with E-state index in [9.17, 15) is 4.79 Å². The third-order valence-electron chi connectivity index (χ3n) is 3.40. The number of hydrogen-bond donors (Lipinski definition) is 0. The van der Waals surface area contributed by atoms with E-state index in [0.717, 1.165) is 12.4 Å². The second-order valence-corrected chi connectivity index (χ2v) is 5.14. The lowest BCUT2D eigenvalue weighted by Gasteiger charge is -2.25. The van der Waals surface area contributed by atoms with Crippen molar-refractivity contribution in [2.45, 2.75) is 33.0 Å². The highest BCUT2D eigenvalue weighted by Gasteiger charge is 2.20. The molecule has 3 rings (SSSR count). The number of fused-ring (bicyclic) bond motifs is 2. The van der Waals surface area contributed by atoms with Crippen molar-refractivity contribution in [2.75, 3.05) is 13.6 Å². The predicted octanol–water partition coefficient (Wildman–Crippen LogP) is 0.619. The fraction of sp³-hybridized carbons (Fsp3) is 0.583. The Morgan fingerprint density at radius 3 is 2.83 bits per heavy atom. The molecule has 1 aliphatic rings. The Morgan fingerprint density at radius 1 is 1.33 bits per heavy atom. The minimum Gasteiger partial charge on any atom is -0.297 e. The highest BCUT2D eigenvalue weighted by molar-refractivity contribution is 5.73. The molecule has 0 spiro atoms. The monoisotopic (exact) mass is 247 g/mol. The van der Waals surface area contributed by atoms with E-state index in [0.29, 0.717) is 24.1 Å². The number of nitrogens with zero attached hydrogens (tertiary/aromatic N) is 5. The molecule has 6 nitrogen and oxygen atoms in total. The third kappa shape index (κ3) is 1.56. The summed E-state index contributed by atoms with van der Waals surface area (Å²) in [6, 6.07) is 0.207. The topological polar surface area (TPSA) is 56.0 Å². The summed E-state index contributed by atoms with van der Waals surface area (Å²) in [5.74, 6) is 0.837. The molecule has 0 saturated heterocycles. The number of aromatic nitrogens is 4. The van der Waals surface area contributed by atoms with Crippen LogP contribution >= 0.6 is 0 Å². The van der Waals surface area contributed by atoms with Gasteiger partial charge in [-0.2, -0.15) is 5.10 Å². The molecule has 96 valence electrons. The summed E-state index contributed by atoms with van der Waals surface area (Å²) in [6.07, 6.45) is 1.64. The molecule has 0 saturated carbocycles. The summed E-state index contributed by atoms with van der Waals surface area (Å²) in [7, 11) is 2.04. The average molecular weight is 247 g/mol. The fourth-order valence-corrected chi connectivity index (χ4v) is 2.38. The van der Waals surface area contributed by atoms with Crippen LogP contribution in [-0.2, 0) is 13.1 Å². The molecule has 0 N–H and O–H groups in total. The van der Waals surface area contributed by atoms with Crippen molar-refractivity contribution in [3.63, 3.8) is 0 Å². The molecule has 6 heteroatoms. The van der Waals surface area contributed by atoms with Gasteiger partial charge in [-0.1, -0.05) is 0 Å². The van der Waals surface area contributed by atoms with Crippen LogP contribution < -0.4 is 5.56 Å². The van der Waals surface area contributed by atoms with Gasteiger partial charge in [0, 0.05) is 19.1 Å². The molecule has 2 aromatic rings. The smallest absolute Gasteiger partial charge is 0.264 e. The van der Waals surface area contributed by atoms with Gasteiger partial charge in [0.15, 0.2) is 5.65 Å². The lowest BCUT2D eigenvalue weighted by molar-refractivity contribution is 0.258. The molecule has 2 aromatic heterocycles. The van der Waals surface area contributed by atoms with Crippen LogP contribution in [-0.4, -0.2) is 37.8 Å². The summed E-state index contributed by atoms with van der Waals surface area (Å²) in [6.45, 7) is 6.39. The summed E-state index contributed by atoms with van der Waals surface area (Å²) < 4.78 is 3.58. The zero-order chi connectivity index (χ0) is 12.9. The third-order valence-corrected chi connectivity index (χ3v) is 3.40. The zero-order valence-electron chi connectivity index (χ0n) is 10.9. The molecule has 3 heterocycles. The first-order chi connectivity index (χ1) is 8.58. The van der Waals surface area contributed by atoms with Gasteiger partial charge in [0.1, 0.15) is 11.2 Å². The van der Waals surface area contributed by atoms with Crippen molar-refractivity contribution < 1.29 is 0 Å². The molecular weight excluding hydrogens is 230 g/mol. The van der Waals surface area contributed by atoms with Crippen LogP contribution in [0.1, 0.15) is 25.7 Å². The molecule has 0 aromatic carbocycles. The number of likely N-dealkylation sites (N-methyl/N-ethyl adjacent to an activating group) is 1. The summed E-state index contributed by atoms with van der Waals surface area (Å²) in [5, 5.41) is 4.90. The Hall–Kier alpha value is -1.69. The van der Waals surface area contributed by atoms with Crippen LogP contribution in [0.2, 0.25) is 0 Å². The Morgan fingerprint density at radius 2 is 2.11 bits per heavy atom. The maximum Gasteiger partial charge on any atom is 0.264 e.